The highest BCUT2D eigenvalue weighted by Gasteiger charge is 2.20. The van der Waals surface area contributed by atoms with Gasteiger partial charge in [0.2, 0.25) is 0 Å². The molecule has 122 valence electrons. The van der Waals surface area contributed by atoms with Crippen molar-refractivity contribution in [1.29, 1.82) is 0 Å². The van der Waals surface area contributed by atoms with E-state index in [0.29, 0.717) is 0 Å². The van der Waals surface area contributed by atoms with Crippen molar-refractivity contribution in [2.75, 3.05) is 7.11 Å². The molecule has 3 heterocycles. The van der Waals surface area contributed by atoms with Gasteiger partial charge in [-0.2, -0.15) is 0 Å². The van der Waals surface area contributed by atoms with E-state index in [1.807, 2.05) is 38.2 Å². The van der Waals surface area contributed by atoms with Crippen LogP contribution in [0.15, 0.2) is 35.1 Å². The fourth-order valence-electron chi connectivity index (χ4n) is 3.21. The first-order chi connectivity index (χ1) is 11.7. The van der Waals surface area contributed by atoms with Crippen LogP contribution in [0.1, 0.15) is 18.4 Å². The van der Waals surface area contributed by atoms with Crippen LogP contribution in [0.3, 0.4) is 0 Å². The van der Waals surface area contributed by atoms with Gasteiger partial charge in [-0.15, -0.1) is 0 Å². The monoisotopic (exact) mass is 341 g/mol. The third kappa shape index (κ3) is 2.01. The molecule has 0 aliphatic rings. The number of aromatic nitrogens is 3. The molecule has 0 fully saturated rings. The van der Waals surface area contributed by atoms with Gasteiger partial charge in [-0.25, -0.2) is 0 Å². The molecule has 0 bridgehead atoms. The molecular formula is C18H16ClN3O2. The largest absolute Gasteiger partial charge is 0.496 e. The lowest BCUT2D eigenvalue weighted by Crippen LogP contribution is -1.92. The van der Waals surface area contributed by atoms with E-state index in [9.17, 15) is 0 Å². The third-order valence-corrected chi connectivity index (χ3v) is 4.72. The van der Waals surface area contributed by atoms with Crippen LogP contribution < -0.4 is 4.74 Å². The topological polar surface area (TPSA) is 53.1 Å². The molecule has 24 heavy (non-hydrogen) atoms. The molecule has 0 radical (unpaired) electrons. The van der Waals surface area contributed by atoms with Crippen LogP contribution in [-0.2, 0) is 6.42 Å². The van der Waals surface area contributed by atoms with E-state index in [-0.39, 0.29) is 0 Å². The van der Waals surface area contributed by atoms with Crippen LogP contribution in [0.25, 0.3) is 32.9 Å². The number of hydrogen-bond acceptors (Lipinski definition) is 4. The average molecular weight is 342 g/mol. The Labute approximate surface area is 143 Å². The van der Waals surface area contributed by atoms with Crippen LogP contribution in [0, 0.1) is 6.92 Å². The lowest BCUT2D eigenvalue weighted by Gasteiger charge is -2.10. The van der Waals surface area contributed by atoms with E-state index < -0.39 is 0 Å². The Morgan fingerprint density at radius 2 is 2.08 bits per heavy atom. The van der Waals surface area contributed by atoms with Gasteiger partial charge in [0.15, 0.2) is 0 Å². The van der Waals surface area contributed by atoms with Crippen molar-refractivity contribution in [3.8, 4) is 16.9 Å². The summed E-state index contributed by atoms with van der Waals surface area (Å²) in [5.74, 6) is 1.60. The highest BCUT2D eigenvalue weighted by atomic mass is 35.5. The summed E-state index contributed by atoms with van der Waals surface area (Å²) in [5, 5.41) is 6.10. The molecule has 0 N–H and O–H groups in total. The third-order valence-electron chi connectivity index (χ3n) is 4.35. The predicted octanol–water partition coefficient (Wildman–Crippen LogP) is 4.73. The fraction of sp³-hybridized carbons (Fsp3) is 0.222. The van der Waals surface area contributed by atoms with E-state index in [1.165, 1.54) is 0 Å². The molecule has 6 heteroatoms. The molecule has 3 aromatic heterocycles. The summed E-state index contributed by atoms with van der Waals surface area (Å²) >= 11 is 6.54. The van der Waals surface area contributed by atoms with E-state index in [1.54, 1.807) is 17.4 Å². The van der Waals surface area contributed by atoms with Gasteiger partial charge < -0.3 is 9.26 Å². The zero-order valence-electron chi connectivity index (χ0n) is 13.6. The van der Waals surface area contributed by atoms with E-state index in [4.69, 9.17) is 21.0 Å². The number of pyridine rings is 1. The number of aryl methyl sites for hydroxylation is 2. The van der Waals surface area contributed by atoms with Crippen molar-refractivity contribution in [2.45, 2.75) is 20.3 Å². The molecule has 0 amide bonds. The van der Waals surface area contributed by atoms with Crippen LogP contribution in [0.2, 0.25) is 0 Å². The summed E-state index contributed by atoms with van der Waals surface area (Å²) in [4.78, 5) is 4.21. The minimum atomic E-state index is 0.755. The lowest BCUT2D eigenvalue weighted by atomic mass is 9.99. The number of fused-ring (bicyclic) bond motifs is 3. The van der Waals surface area contributed by atoms with Crippen LogP contribution in [0.4, 0.5) is 0 Å². The Balaban J connectivity index is 2.11. The van der Waals surface area contributed by atoms with E-state index in [2.05, 4.69) is 10.1 Å². The Morgan fingerprint density at radius 3 is 2.83 bits per heavy atom. The normalized spacial score (nSPS) is 11.5. The predicted molar refractivity (Wildman–Crippen MR) is 94.7 cm³/mol. The van der Waals surface area contributed by atoms with Crippen molar-refractivity contribution in [3.05, 3.63) is 42.0 Å². The average Bonchev–Trinajstić information content (AvgIpc) is 3.12. The van der Waals surface area contributed by atoms with Crippen LogP contribution >= 0.6 is 11.8 Å². The van der Waals surface area contributed by atoms with Crippen LogP contribution in [-0.4, -0.2) is 21.3 Å². The standard InChI is InChI=1S/C18H16ClN3O2/c1-4-16-18(10(2)21-24-16)12-7-15-11(8-17(12)23-3)13-9-20-6-5-14(13)22(15)19/h5-9H,4H2,1-3H3. The van der Waals surface area contributed by atoms with Crippen molar-refractivity contribution < 1.29 is 9.26 Å². The van der Waals surface area contributed by atoms with Gasteiger partial charge in [0.1, 0.15) is 11.5 Å². The number of ether oxygens (including phenoxy) is 1. The van der Waals surface area contributed by atoms with Crippen molar-refractivity contribution in [1.82, 2.24) is 14.2 Å². The van der Waals surface area contributed by atoms with Gasteiger partial charge in [-0.3, -0.25) is 9.07 Å². The maximum absolute atomic E-state index is 6.54. The molecule has 0 spiro atoms. The molecular weight excluding hydrogens is 326 g/mol. The van der Waals surface area contributed by atoms with Gasteiger partial charge in [-0.1, -0.05) is 12.1 Å². The van der Waals surface area contributed by atoms with Crippen molar-refractivity contribution in [3.63, 3.8) is 0 Å². The molecule has 0 atom stereocenters. The summed E-state index contributed by atoms with van der Waals surface area (Å²) < 4.78 is 12.7. The molecule has 1 aromatic carbocycles. The van der Waals surface area contributed by atoms with Crippen molar-refractivity contribution >= 4 is 33.6 Å². The summed E-state index contributed by atoms with van der Waals surface area (Å²) in [6.45, 7) is 3.97. The summed E-state index contributed by atoms with van der Waals surface area (Å²) in [5.41, 5.74) is 4.55. The first-order valence-electron chi connectivity index (χ1n) is 7.73. The highest BCUT2D eigenvalue weighted by molar-refractivity contribution is 6.26. The second-order valence-corrected chi connectivity index (χ2v) is 6.00. The molecule has 0 aliphatic carbocycles. The Hall–Kier alpha value is -2.53. The number of benzene rings is 1. The SMILES string of the molecule is CCc1onc(C)c1-c1cc2c(cc1OC)c1cnccc1n2Cl. The summed E-state index contributed by atoms with van der Waals surface area (Å²) in [7, 11) is 1.66. The van der Waals surface area contributed by atoms with Gasteiger partial charge >= 0.3 is 0 Å². The second kappa shape index (κ2) is 5.53. The minimum absolute atomic E-state index is 0.755. The molecule has 4 aromatic rings. The number of hydrogen-bond donors (Lipinski definition) is 0. The number of halogens is 1. The zero-order chi connectivity index (χ0) is 16.8. The fourth-order valence-corrected chi connectivity index (χ4v) is 3.50. The molecule has 0 saturated carbocycles. The minimum Gasteiger partial charge on any atom is -0.496 e. The van der Waals surface area contributed by atoms with Gasteiger partial charge in [-0.05, 0) is 25.1 Å². The maximum atomic E-state index is 6.54. The summed E-state index contributed by atoms with van der Waals surface area (Å²) in [6.07, 6.45) is 4.31. The molecule has 5 nitrogen and oxygen atoms in total. The molecule has 0 unspecified atom stereocenters. The summed E-state index contributed by atoms with van der Waals surface area (Å²) in [6, 6.07) is 5.93. The van der Waals surface area contributed by atoms with E-state index in [0.717, 1.165) is 56.6 Å². The molecule has 0 aliphatic heterocycles. The van der Waals surface area contributed by atoms with Gasteiger partial charge in [0.05, 0.1) is 29.4 Å². The van der Waals surface area contributed by atoms with Gasteiger partial charge in [0.25, 0.3) is 0 Å². The smallest absolute Gasteiger partial charge is 0.144 e. The molecule has 4 rings (SSSR count). The first-order valence-corrected chi connectivity index (χ1v) is 8.07. The highest BCUT2D eigenvalue weighted by Crippen LogP contribution is 2.41. The number of rotatable bonds is 3. The lowest BCUT2D eigenvalue weighted by molar-refractivity contribution is 0.383. The van der Waals surface area contributed by atoms with E-state index >= 15 is 0 Å². The zero-order valence-corrected chi connectivity index (χ0v) is 14.4. The Morgan fingerprint density at radius 1 is 1.25 bits per heavy atom. The molecule has 0 saturated heterocycles. The second-order valence-electron chi connectivity index (χ2n) is 5.66. The van der Waals surface area contributed by atoms with Crippen LogP contribution in [0.5, 0.6) is 5.75 Å². The van der Waals surface area contributed by atoms with Gasteiger partial charge in [0, 0.05) is 46.9 Å². The number of nitrogens with zero attached hydrogens (tertiary/aromatic N) is 3. The maximum Gasteiger partial charge on any atom is 0.144 e. The number of methoxy groups -OCH3 is 1. The first kappa shape index (κ1) is 15.0. The quantitative estimate of drug-likeness (QED) is 0.540. The van der Waals surface area contributed by atoms with Crippen molar-refractivity contribution in [2.24, 2.45) is 0 Å². The Bertz CT molecular complexity index is 1070. The Kier molecular flexibility index (Phi) is 3.46.